The van der Waals surface area contributed by atoms with Gasteiger partial charge in [-0.25, -0.2) is 4.39 Å². The van der Waals surface area contributed by atoms with E-state index in [2.05, 4.69) is 20.4 Å². The summed E-state index contributed by atoms with van der Waals surface area (Å²) in [5.41, 5.74) is 2.14. The molecule has 1 N–H and O–H groups in total. The standard InChI is InChI=1S/C23H23FN4O3/c1-16(31-20-7-3-5-18(24)15-20)23(29)25-19-6-2-4-17(14-19)21-8-9-22(27-26-21)28-10-12-30-13-11-28/h2-9,14-16H,10-13H2,1H3,(H,25,29). The van der Waals surface area contributed by atoms with Gasteiger partial charge in [-0.05, 0) is 43.3 Å². The van der Waals surface area contributed by atoms with Gasteiger partial charge in [-0.3, -0.25) is 4.79 Å². The van der Waals surface area contributed by atoms with Crippen LogP contribution >= 0.6 is 0 Å². The van der Waals surface area contributed by atoms with E-state index >= 15 is 0 Å². The number of nitrogens with zero attached hydrogens (tertiary/aromatic N) is 3. The summed E-state index contributed by atoms with van der Waals surface area (Å²) in [6, 6.07) is 16.9. The minimum atomic E-state index is -0.793. The number of ether oxygens (including phenoxy) is 2. The molecule has 2 aromatic carbocycles. The molecule has 0 saturated carbocycles. The minimum absolute atomic E-state index is 0.298. The summed E-state index contributed by atoms with van der Waals surface area (Å²) in [4.78, 5) is 14.6. The highest BCUT2D eigenvalue weighted by molar-refractivity contribution is 5.94. The lowest BCUT2D eigenvalue weighted by Crippen LogP contribution is -2.36. The molecular formula is C23H23FN4O3. The van der Waals surface area contributed by atoms with Crippen molar-refractivity contribution in [2.45, 2.75) is 13.0 Å². The van der Waals surface area contributed by atoms with Crippen molar-refractivity contribution < 1.29 is 18.7 Å². The Kier molecular flexibility index (Phi) is 6.37. The second kappa shape index (κ2) is 9.53. The number of morpholine rings is 1. The normalized spacial score (nSPS) is 14.7. The van der Waals surface area contributed by atoms with Crippen molar-refractivity contribution in [1.29, 1.82) is 0 Å². The van der Waals surface area contributed by atoms with Crippen LogP contribution in [0, 0.1) is 5.82 Å². The molecule has 4 rings (SSSR count). The van der Waals surface area contributed by atoms with Crippen LogP contribution in [-0.2, 0) is 9.53 Å². The molecule has 7 nitrogen and oxygen atoms in total. The third-order valence-electron chi connectivity index (χ3n) is 4.89. The lowest BCUT2D eigenvalue weighted by Gasteiger charge is -2.27. The summed E-state index contributed by atoms with van der Waals surface area (Å²) < 4.78 is 24.2. The second-order valence-corrected chi connectivity index (χ2v) is 7.16. The zero-order valence-corrected chi connectivity index (χ0v) is 17.1. The maximum absolute atomic E-state index is 13.3. The Morgan fingerprint density at radius 3 is 2.65 bits per heavy atom. The number of carbonyl (C=O) groups is 1. The first-order chi connectivity index (χ1) is 15.1. The molecule has 31 heavy (non-hydrogen) atoms. The predicted molar refractivity (Wildman–Crippen MR) is 116 cm³/mol. The van der Waals surface area contributed by atoms with E-state index in [0.29, 0.717) is 30.3 Å². The second-order valence-electron chi connectivity index (χ2n) is 7.16. The first kappa shape index (κ1) is 20.7. The highest BCUT2D eigenvalue weighted by atomic mass is 19.1. The van der Waals surface area contributed by atoms with Crippen LogP contribution < -0.4 is 15.0 Å². The zero-order chi connectivity index (χ0) is 21.6. The molecule has 160 valence electrons. The van der Waals surface area contributed by atoms with Gasteiger partial charge in [0.2, 0.25) is 0 Å². The zero-order valence-electron chi connectivity index (χ0n) is 17.1. The largest absolute Gasteiger partial charge is 0.481 e. The molecule has 1 atom stereocenters. The van der Waals surface area contributed by atoms with Crippen LogP contribution in [0.4, 0.5) is 15.9 Å². The van der Waals surface area contributed by atoms with Crippen LogP contribution in [0.1, 0.15) is 6.92 Å². The number of nitrogens with one attached hydrogen (secondary N) is 1. The van der Waals surface area contributed by atoms with Gasteiger partial charge < -0.3 is 19.7 Å². The van der Waals surface area contributed by atoms with E-state index in [1.165, 1.54) is 18.2 Å². The van der Waals surface area contributed by atoms with Crippen molar-refractivity contribution in [2.24, 2.45) is 0 Å². The van der Waals surface area contributed by atoms with Crippen LogP contribution in [-0.4, -0.2) is 48.5 Å². The molecule has 8 heteroatoms. The molecule has 0 aliphatic carbocycles. The number of hydrogen-bond acceptors (Lipinski definition) is 6. The Balaban J connectivity index is 1.41. The SMILES string of the molecule is CC(Oc1cccc(F)c1)C(=O)Nc1cccc(-c2ccc(N3CCOCC3)nn2)c1. The molecule has 2 heterocycles. The van der Waals surface area contributed by atoms with Gasteiger partial charge in [0.1, 0.15) is 11.6 Å². The molecule has 1 aliphatic rings. The van der Waals surface area contributed by atoms with Gasteiger partial charge in [-0.2, -0.15) is 0 Å². The van der Waals surface area contributed by atoms with Crippen LogP contribution in [0.15, 0.2) is 60.7 Å². The Morgan fingerprint density at radius 2 is 1.90 bits per heavy atom. The Morgan fingerprint density at radius 1 is 1.10 bits per heavy atom. The topological polar surface area (TPSA) is 76.6 Å². The molecule has 1 amide bonds. The monoisotopic (exact) mass is 422 g/mol. The molecule has 0 radical (unpaired) electrons. The quantitative estimate of drug-likeness (QED) is 0.655. The number of anilines is 2. The van der Waals surface area contributed by atoms with E-state index in [0.717, 1.165) is 24.5 Å². The van der Waals surface area contributed by atoms with E-state index in [-0.39, 0.29) is 5.91 Å². The number of halogens is 1. The predicted octanol–water partition coefficient (Wildman–Crippen LogP) is 3.53. The Hall–Kier alpha value is -3.52. The summed E-state index contributed by atoms with van der Waals surface area (Å²) in [5.74, 6) is 0.362. The van der Waals surface area contributed by atoms with E-state index < -0.39 is 11.9 Å². The fourth-order valence-corrected chi connectivity index (χ4v) is 3.24. The Bertz CT molecular complexity index is 1040. The van der Waals surface area contributed by atoms with Gasteiger partial charge >= 0.3 is 0 Å². The third-order valence-corrected chi connectivity index (χ3v) is 4.89. The number of amides is 1. The summed E-state index contributed by atoms with van der Waals surface area (Å²) in [5, 5.41) is 11.5. The van der Waals surface area contributed by atoms with Crippen molar-refractivity contribution in [3.05, 3.63) is 66.5 Å². The highest BCUT2D eigenvalue weighted by Gasteiger charge is 2.16. The average molecular weight is 422 g/mol. The smallest absolute Gasteiger partial charge is 0.265 e. The fourth-order valence-electron chi connectivity index (χ4n) is 3.24. The van der Waals surface area contributed by atoms with E-state index in [9.17, 15) is 9.18 Å². The minimum Gasteiger partial charge on any atom is -0.481 e. The number of aromatic nitrogens is 2. The lowest BCUT2D eigenvalue weighted by atomic mass is 10.1. The fraction of sp³-hybridized carbons (Fsp3) is 0.261. The number of hydrogen-bond donors (Lipinski definition) is 1. The average Bonchev–Trinajstić information content (AvgIpc) is 2.80. The molecule has 3 aromatic rings. The van der Waals surface area contributed by atoms with E-state index in [1.807, 2.05) is 30.3 Å². The van der Waals surface area contributed by atoms with Gasteiger partial charge in [0.25, 0.3) is 5.91 Å². The Labute approximate surface area is 179 Å². The van der Waals surface area contributed by atoms with Crippen molar-refractivity contribution >= 4 is 17.4 Å². The number of benzene rings is 2. The molecule has 1 aromatic heterocycles. The maximum Gasteiger partial charge on any atom is 0.265 e. The van der Waals surface area contributed by atoms with Crippen molar-refractivity contribution in [2.75, 3.05) is 36.5 Å². The highest BCUT2D eigenvalue weighted by Crippen LogP contribution is 2.23. The van der Waals surface area contributed by atoms with Gasteiger partial charge in [0.15, 0.2) is 11.9 Å². The van der Waals surface area contributed by atoms with Crippen LogP contribution in [0.2, 0.25) is 0 Å². The summed E-state index contributed by atoms with van der Waals surface area (Å²) >= 11 is 0. The van der Waals surface area contributed by atoms with Gasteiger partial charge in [0.05, 0.1) is 18.9 Å². The maximum atomic E-state index is 13.3. The number of rotatable bonds is 6. The third kappa shape index (κ3) is 5.35. The first-order valence-corrected chi connectivity index (χ1v) is 10.1. The molecular weight excluding hydrogens is 399 g/mol. The van der Waals surface area contributed by atoms with Gasteiger partial charge in [0, 0.05) is 30.4 Å². The van der Waals surface area contributed by atoms with Crippen molar-refractivity contribution in [1.82, 2.24) is 10.2 Å². The van der Waals surface area contributed by atoms with Gasteiger partial charge in [-0.15, -0.1) is 10.2 Å². The summed E-state index contributed by atoms with van der Waals surface area (Å²) in [7, 11) is 0. The van der Waals surface area contributed by atoms with E-state index in [1.54, 1.807) is 19.1 Å². The van der Waals surface area contributed by atoms with Crippen molar-refractivity contribution in [3.63, 3.8) is 0 Å². The van der Waals surface area contributed by atoms with Crippen molar-refractivity contribution in [3.8, 4) is 17.0 Å². The molecule has 1 aliphatic heterocycles. The molecule has 1 fully saturated rings. The number of carbonyl (C=O) groups excluding carboxylic acids is 1. The van der Waals surface area contributed by atoms with Crippen LogP contribution in [0.3, 0.4) is 0 Å². The van der Waals surface area contributed by atoms with Gasteiger partial charge in [-0.1, -0.05) is 18.2 Å². The molecule has 0 bridgehead atoms. The molecule has 1 unspecified atom stereocenters. The van der Waals surface area contributed by atoms with E-state index in [4.69, 9.17) is 9.47 Å². The summed E-state index contributed by atoms with van der Waals surface area (Å²) in [6.45, 7) is 4.58. The van der Waals surface area contributed by atoms with Crippen LogP contribution in [0.25, 0.3) is 11.3 Å². The summed E-state index contributed by atoms with van der Waals surface area (Å²) in [6.07, 6.45) is -0.793. The lowest BCUT2D eigenvalue weighted by molar-refractivity contribution is -0.122. The molecule has 0 spiro atoms. The first-order valence-electron chi connectivity index (χ1n) is 10.1. The van der Waals surface area contributed by atoms with Crippen LogP contribution in [0.5, 0.6) is 5.75 Å². The molecule has 1 saturated heterocycles.